The first-order chi connectivity index (χ1) is 15.8. The normalized spacial score (nSPS) is 11.2. The molecule has 0 atom stereocenters. The second-order valence-electron chi connectivity index (χ2n) is 7.36. The number of H-pyrrole nitrogens is 1. The van der Waals surface area contributed by atoms with Gasteiger partial charge in [0.15, 0.2) is 0 Å². The van der Waals surface area contributed by atoms with Crippen molar-refractivity contribution in [3.05, 3.63) is 106 Å². The summed E-state index contributed by atoms with van der Waals surface area (Å²) in [5.74, 6) is -0.622. The average Bonchev–Trinajstić information content (AvgIpc) is 3.14. The maximum atomic E-state index is 13.2. The third-order valence-corrected chi connectivity index (χ3v) is 6.92. The first-order valence-electron chi connectivity index (χ1n) is 10.1. The zero-order valence-electron chi connectivity index (χ0n) is 17.7. The van der Waals surface area contributed by atoms with Crippen molar-refractivity contribution in [3.8, 4) is 11.3 Å². The molecule has 0 bridgehead atoms. The Morgan fingerprint density at radius 2 is 1.55 bits per heavy atom. The highest BCUT2D eigenvalue weighted by Gasteiger charge is 2.27. The van der Waals surface area contributed by atoms with Crippen LogP contribution in [0.15, 0.2) is 94.3 Å². The fourth-order valence-electron chi connectivity index (χ4n) is 3.41. The number of aryl methyl sites for hydroxylation is 1. The van der Waals surface area contributed by atoms with E-state index in [1.165, 1.54) is 12.1 Å². The molecule has 0 aliphatic carbocycles. The van der Waals surface area contributed by atoms with Gasteiger partial charge in [-0.05, 0) is 36.8 Å². The van der Waals surface area contributed by atoms with Gasteiger partial charge >= 0.3 is 5.97 Å². The van der Waals surface area contributed by atoms with E-state index in [-0.39, 0.29) is 22.8 Å². The second-order valence-corrected chi connectivity index (χ2v) is 9.96. The zero-order chi connectivity index (χ0) is 23.4. The summed E-state index contributed by atoms with van der Waals surface area (Å²) in [7, 11) is -3.97. The number of halogens is 1. The molecule has 0 saturated carbocycles. The van der Waals surface area contributed by atoms with Gasteiger partial charge in [-0.1, -0.05) is 76.6 Å². The molecule has 168 valence electrons. The van der Waals surface area contributed by atoms with Crippen LogP contribution in [-0.2, 0) is 21.4 Å². The van der Waals surface area contributed by atoms with Crippen molar-refractivity contribution < 1.29 is 17.9 Å². The van der Waals surface area contributed by atoms with Crippen LogP contribution in [0, 0.1) is 6.92 Å². The summed E-state index contributed by atoms with van der Waals surface area (Å²) < 4.78 is 35.2. The lowest BCUT2D eigenvalue weighted by atomic mass is 10.1. The SMILES string of the molecule is Cc1[nH]c(-c2ccccc2)c(NS(=O)(=O)c2ccc(Br)cc2)c1C(=O)OCc1ccccc1. The number of aromatic amines is 1. The molecule has 0 aliphatic heterocycles. The predicted molar refractivity (Wildman–Crippen MR) is 131 cm³/mol. The molecule has 4 aromatic rings. The van der Waals surface area contributed by atoms with E-state index < -0.39 is 16.0 Å². The van der Waals surface area contributed by atoms with Crippen molar-refractivity contribution in [2.45, 2.75) is 18.4 Å². The van der Waals surface area contributed by atoms with Crippen LogP contribution in [0.1, 0.15) is 21.6 Å². The van der Waals surface area contributed by atoms with E-state index in [4.69, 9.17) is 4.74 Å². The monoisotopic (exact) mass is 524 g/mol. The molecule has 8 heteroatoms. The topological polar surface area (TPSA) is 88.3 Å². The Bertz CT molecular complexity index is 1370. The van der Waals surface area contributed by atoms with Gasteiger partial charge in [0.25, 0.3) is 10.0 Å². The third-order valence-electron chi connectivity index (χ3n) is 5.03. The van der Waals surface area contributed by atoms with Gasteiger partial charge in [0, 0.05) is 15.7 Å². The standard InChI is InChI=1S/C25H21BrN2O4S/c1-17-22(25(29)32-16-18-8-4-2-5-9-18)24(23(27-17)19-10-6-3-7-11-19)28-33(30,31)21-14-12-20(26)13-15-21/h2-15,27-28H,16H2,1H3. The number of esters is 1. The molecular formula is C25H21BrN2O4S. The van der Waals surface area contributed by atoms with Crippen LogP contribution in [-0.4, -0.2) is 19.4 Å². The Kier molecular flexibility index (Phi) is 6.67. The molecule has 0 fully saturated rings. The molecule has 0 saturated heterocycles. The maximum absolute atomic E-state index is 13.2. The van der Waals surface area contributed by atoms with Gasteiger partial charge in [0.2, 0.25) is 0 Å². The lowest BCUT2D eigenvalue weighted by Crippen LogP contribution is -2.16. The molecule has 2 N–H and O–H groups in total. The molecule has 0 radical (unpaired) electrons. The number of anilines is 1. The lowest BCUT2D eigenvalue weighted by molar-refractivity contribution is 0.0473. The summed E-state index contributed by atoms with van der Waals surface area (Å²) in [5.41, 5.74) is 2.85. The average molecular weight is 525 g/mol. The molecule has 3 aromatic carbocycles. The molecule has 0 aliphatic rings. The van der Waals surface area contributed by atoms with E-state index in [0.29, 0.717) is 11.4 Å². The number of hydrogen-bond acceptors (Lipinski definition) is 4. The quantitative estimate of drug-likeness (QED) is 0.294. The third kappa shape index (κ3) is 5.18. The Morgan fingerprint density at radius 3 is 2.18 bits per heavy atom. The van der Waals surface area contributed by atoms with Crippen LogP contribution in [0.4, 0.5) is 5.69 Å². The van der Waals surface area contributed by atoms with Crippen LogP contribution < -0.4 is 4.72 Å². The number of sulfonamides is 1. The minimum absolute atomic E-state index is 0.0733. The largest absolute Gasteiger partial charge is 0.457 e. The van der Waals surface area contributed by atoms with E-state index in [1.807, 2.05) is 60.7 Å². The van der Waals surface area contributed by atoms with Crippen molar-refractivity contribution in [1.29, 1.82) is 0 Å². The van der Waals surface area contributed by atoms with E-state index in [1.54, 1.807) is 19.1 Å². The van der Waals surface area contributed by atoms with Gasteiger partial charge < -0.3 is 9.72 Å². The smallest absolute Gasteiger partial charge is 0.342 e. The number of aromatic nitrogens is 1. The van der Waals surface area contributed by atoms with Gasteiger partial charge in [0.05, 0.1) is 16.3 Å². The summed E-state index contributed by atoms with van der Waals surface area (Å²) >= 11 is 3.31. The van der Waals surface area contributed by atoms with Crippen LogP contribution in [0.25, 0.3) is 11.3 Å². The van der Waals surface area contributed by atoms with Crippen molar-refractivity contribution in [2.24, 2.45) is 0 Å². The summed E-state index contributed by atoms with van der Waals surface area (Å²) in [5, 5.41) is 0. The molecule has 1 heterocycles. The van der Waals surface area contributed by atoms with Crippen molar-refractivity contribution >= 4 is 37.6 Å². The van der Waals surface area contributed by atoms with E-state index >= 15 is 0 Å². The first kappa shape index (κ1) is 22.8. The van der Waals surface area contributed by atoms with E-state index in [2.05, 4.69) is 25.6 Å². The Morgan fingerprint density at radius 1 is 0.939 bits per heavy atom. The van der Waals surface area contributed by atoms with Crippen LogP contribution in [0.5, 0.6) is 0 Å². The molecule has 4 rings (SSSR count). The lowest BCUT2D eigenvalue weighted by Gasteiger charge is -2.12. The number of carbonyl (C=O) groups excluding carboxylic acids is 1. The fraction of sp³-hybridized carbons (Fsp3) is 0.0800. The number of ether oxygens (including phenoxy) is 1. The van der Waals surface area contributed by atoms with Crippen molar-refractivity contribution in [3.63, 3.8) is 0 Å². The molecule has 6 nitrogen and oxygen atoms in total. The van der Waals surface area contributed by atoms with Gasteiger partial charge in [-0.15, -0.1) is 0 Å². The Labute approximate surface area is 200 Å². The molecule has 0 unspecified atom stereocenters. The molecule has 0 amide bonds. The predicted octanol–water partition coefficient (Wildman–Crippen LogP) is 5.91. The number of rotatable bonds is 7. The molecule has 1 aromatic heterocycles. The highest BCUT2D eigenvalue weighted by Crippen LogP contribution is 2.35. The second kappa shape index (κ2) is 9.64. The Hall–Kier alpha value is -3.36. The van der Waals surface area contributed by atoms with Gasteiger partial charge in [-0.2, -0.15) is 0 Å². The van der Waals surface area contributed by atoms with Crippen molar-refractivity contribution in [2.75, 3.05) is 4.72 Å². The first-order valence-corrected chi connectivity index (χ1v) is 12.4. The van der Waals surface area contributed by atoms with E-state index in [9.17, 15) is 13.2 Å². The molecule has 33 heavy (non-hydrogen) atoms. The van der Waals surface area contributed by atoms with Crippen molar-refractivity contribution in [1.82, 2.24) is 4.98 Å². The highest BCUT2D eigenvalue weighted by molar-refractivity contribution is 9.10. The minimum atomic E-state index is -3.97. The number of hydrogen-bond donors (Lipinski definition) is 2. The van der Waals surface area contributed by atoms with Crippen LogP contribution in [0.3, 0.4) is 0 Å². The zero-order valence-corrected chi connectivity index (χ0v) is 20.1. The number of nitrogens with one attached hydrogen (secondary N) is 2. The molecular weight excluding hydrogens is 504 g/mol. The fourth-order valence-corrected chi connectivity index (χ4v) is 4.76. The summed E-state index contributed by atoms with van der Waals surface area (Å²) in [4.78, 5) is 16.3. The van der Waals surface area contributed by atoms with Crippen LogP contribution in [0.2, 0.25) is 0 Å². The van der Waals surface area contributed by atoms with Gasteiger partial charge in [-0.25, -0.2) is 13.2 Å². The molecule has 0 spiro atoms. The number of carbonyl (C=O) groups is 1. The Balaban J connectivity index is 1.74. The summed E-state index contributed by atoms with van der Waals surface area (Å²) in [6.45, 7) is 1.78. The minimum Gasteiger partial charge on any atom is -0.457 e. The highest BCUT2D eigenvalue weighted by atomic mass is 79.9. The van der Waals surface area contributed by atoms with Gasteiger partial charge in [-0.3, -0.25) is 4.72 Å². The van der Waals surface area contributed by atoms with Crippen LogP contribution >= 0.6 is 15.9 Å². The van der Waals surface area contributed by atoms with Gasteiger partial charge in [0.1, 0.15) is 12.2 Å². The summed E-state index contributed by atoms with van der Waals surface area (Å²) in [6, 6.07) is 24.8. The van der Waals surface area contributed by atoms with E-state index in [0.717, 1.165) is 15.6 Å². The summed E-state index contributed by atoms with van der Waals surface area (Å²) in [6.07, 6.45) is 0. The number of benzene rings is 3. The maximum Gasteiger partial charge on any atom is 0.342 e.